The number of anilines is 1. The molecule has 3 aromatic rings. The van der Waals surface area contributed by atoms with Crippen molar-refractivity contribution in [2.45, 2.75) is 13.5 Å². The standard InChI is InChI=1S/C26H20BrClN2O5/c1-2-34-23-14-16(7-12-22(23)35-15-17-5-3-4-6-21(17)28)13-20-24(31)29-26(33)30(25(20)32)19-10-8-18(27)9-11-19/h3-14H,2,15H2,1H3,(H,29,31,33)/b20-13+. The average molecular weight is 556 g/mol. The number of urea groups is 1. The van der Waals surface area contributed by atoms with Crippen molar-refractivity contribution in [3.8, 4) is 11.5 Å². The van der Waals surface area contributed by atoms with Gasteiger partial charge in [-0.05, 0) is 61.0 Å². The van der Waals surface area contributed by atoms with E-state index >= 15 is 0 Å². The Morgan fingerprint density at radius 3 is 2.43 bits per heavy atom. The van der Waals surface area contributed by atoms with Crippen molar-refractivity contribution in [1.82, 2.24) is 5.32 Å². The van der Waals surface area contributed by atoms with Crippen LogP contribution < -0.4 is 19.7 Å². The lowest BCUT2D eigenvalue weighted by Gasteiger charge is -2.26. The first-order chi connectivity index (χ1) is 16.9. The lowest BCUT2D eigenvalue weighted by Crippen LogP contribution is -2.54. The zero-order valence-electron chi connectivity index (χ0n) is 18.6. The fourth-order valence-corrected chi connectivity index (χ4v) is 3.88. The van der Waals surface area contributed by atoms with Crippen LogP contribution in [0.1, 0.15) is 18.1 Å². The van der Waals surface area contributed by atoms with E-state index in [1.54, 1.807) is 48.5 Å². The first-order valence-corrected chi connectivity index (χ1v) is 11.8. The molecule has 9 heteroatoms. The molecule has 3 aromatic carbocycles. The maximum atomic E-state index is 13.1. The van der Waals surface area contributed by atoms with Gasteiger partial charge >= 0.3 is 6.03 Å². The number of nitrogens with one attached hydrogen (secondary N) is 1. The van der Waals surface area contributed by atoms with Crippen molar-refractivity contribution < 1.29 is 23.9 Å². The molecular formula is C26H20BrClN2O5. The third-order valence-electron chi connectivity index (χ3n) is 5.11. The van der Waals surface area contributed by atoms with E-state index in [1.807, 2.05) is 25.1 Å². The summed E-state index contributed by atoms with van der Waals surface area (Å²) in [6.07, 6.45) is 1.41. The first kappa shape index (κ1) is 24.5. The lowest BCUT2D eigenvalue weighted by molar-refractivity contribution is -0.122. The summed E-state index contributed by atoms with van der Waals surface area (Å²) in [5, 5.41) is 2.81. The Morgan fingerprint density at radius 1 is 0.971 bits per heavy atom. The molecule has 178 valence electrons. The molecule has 0 spiro atoms. The minimum atomic E-state index is -0.808. The monoisotopic (exact) mass is 554 g/mol. The van der Waals surface area contributed by atoms with Crippen LogP contribution in [0.15, 0.2) is 76.8 Å². The molecule has 1 aliphatic heterocycles. The molecule has 0 bridgehead atoms. The highest BCUT2D eigenvalue weighted by Crippen LogP contribution is 2.31. The van der Waals surface area contributed by atoms with Gasteiger partial charge in [-0.3, -0.25) is 14.9 Å². The molecule has 1 N–H and O–H groups in total. The van der Waals surface area contributed by atoms with E-state index in [9.17, 15) is 14.4 Å². The van der Waals surface area contributed by atoms with Gasteiger partial charge in [0.2, 0.25) is 0 Å². The molecule has 7 nitrogen and oxygen atoms in total. The molecule has 1 heterocycles. The molecule has 0 radical (unpaired) electrons. The van der Waals surface area contributed by atoms with Crippen LogP contribution in [0.3, 0.4) is 0 Å². The summed E-state index contributed by atoms with van der Waals surface area (Å²) < 4.78 is 12.4. The van der Waals surface area contributed by atoms with Gasteiger partial charge in [-0.2, -0.15) is 0 Å². The van der Waals surface area contributed by atoms with Crippen LogP contribution in [-0.4, -0.2) is 24.5 Å². The predicted molar refractivity (Wildman–Crippen MR) is 137 cm³/mol. The van der Waals surface area contributed by atoms with E-state index in [2.05, 4.69) is 21.2 Å². The summed E-state index contributed by atoms with van der Waals surface area (Å²) in [6, 6.07) is 18.2. The number of hydrogen-bond donors (Lipinski definition) is 1. The van der Waals surface area contributed by atoms with Gasteiger partial charge in [-0.15, -0.1) is 0 Å². The Morgan fingerprint density at radius 2 is 1.71 bits per heavy atom. The topological polar surface area (TPSA) is 84.9 Å². The molecular weight excluding hydrogens is 536 g/mol. The summed E-state index contributed by atoms with van der Waals surface area (Å²) in [5.74, 6) is -0.568. The van der Waals surface area contributed by atoms with Crippen LogP contribution in [0.25, 0.3) is 6.08 Å². The summed E-state index contributed by atoms with van der Waals surface area (Å²) in [7, 11) is 0. The zero-order chi connectivity index (χ0) is 24.9. The molecule has 1 aliphatic rings. The molecule has 0 aliphatic carbocycles. The number of hydrogen-bond acceptors (Lipinski definition) is 5. The molecule has 0 atom stereocenters. The number of barbiturate groups is 1. The summed E-state index contributed by atoms with van der Waals surface area (Å²) in [5.41, 5.74) is 1.51. The SMILES string of the molecule is CCOc1cc(/C=C2\C(=O)NC(=O)N(c3ccc(Br)cc3)C2=O)ccc1OCc1ccccc1Cl. The van der Waals surface area contributed by atoms with Gasteiger partial charge in [0.25, 0.3) is 11.8 Å². The fourth-order valence-electron chi connectivity index (χ4n) is 3.42. The third-order valence-corrected chi connectivity index (χ3v) is 6.00. The Labute approximate surface area is 215 Å². The van der Waals surface area contributed by atoms with Gasteiger partial charge < -0.3 is 9.47 Å². The zero-order valence-corrected chi connectivity index (χ0v) is 20.9. The summed E-state index contributed by atoms with van der Waals surface area (Å²) in [6.45, 7) is 2.46. The maximum absolute atomic E-state index is 13.1. The van der Waals surface area contributed by atoms with E-state index < -0.39 is 17.8 Å². The van der Waals surface area contributed by atoms with Crippen molar-refractivity contribution in [2.24, 2.45) is 0 Å². The van der Waals surface area contributed by atoms with Crippen LogP contribution >= 0.6 is 27.5 Å². The number of rotatable bonds is 7. The normalized spacial score (nSPS) is 14.8. The highest BCUT2D eigenvalue weighted by molar-refractivity contribution is 9.10. The van der Waals surface area contributed by atoms with Crippen LogP contribution in [0.4, 0.5) is 10.5 Å². The lowest BCUT2D eigenvalue weighted by atomic mass is 10.1. The van der Waals surface area contributed by atoms with Crippen LogP contribution in [0.2, 0.25) is 5.02 Å². The van der Waals surface area contributed by atoms with E-state index in [4.69, 9.17) is 21.1 Å². The Bertz CT molecular complexity index is 1320. The van der Waals surface area contributed by atoms with Gasteiger partial charge in [0.15, 0.2) is 11.5 Å². The van der Waals surface area contributed by atoms with E-state index in [0.29, 0.717) is 34.4 Å². The second-order valence-electron chi connectivity index (χ2n) is 7.45. The number of benzene rings is 3. The molecule has 0 aromatic heterocycles. The van der Waals surface area contributed by atoms with Crippen LogP contribution in [-0.2, 0) is 16.2 Å². The van der Waals surface area contributed by atoms with Gasteiger partial charge in [0, 0.05) is 15.1 Å². The largest absolute Gasteiger partial charge is 0.490 e. The third kappa shape index (κ3) is 5.55. The van der Waals surface area contributed by atoms with Crippen molar-refractivity contribution in [1.29, 1.82) is 0 Å². The Kier molecular flexibility index (Phi) is 7.53. The van der Waals surface area contributed by atoms with Gasteiger partial charge in [-0.1, -0.05) is 51.8 Å². The predicted octanol–water partition coefficient (Wildman–Crippen LogP) is 5.75. The van der Waals surface area contributed by atoms with Crippen molar-refractivity contribution in [3.05, 3.63) is 92.9 Å². The average Bonchev–Trinajstić information content (AvgIpc) is 2.83. The summed E-state index contributed by atoms with van der Waals surface area (Å²) >= 11 is 9.53. The minimum absolute atomic E-state index is 0.181. The second-order valence-corrected chi connectivity index (χ2v) is 8.78. The number of carbonyl (C=O) groups is 3. The molecule has 0 unspecified atom stereocenters. The Balaban J connectivity index is 1.61. The van der Waals surface area contributed by atoms with Crippen LogP contribution in [0, 0.1) is 0 Å². The molecule has 0 saturated carbocycles. The van der Waals surface area contributed by atoms with E-state index in [0.717, 1.165) is 14.9 Å². The molecule has 1 fully saturated rings. The van der Waals surface area contributed by atoms with E-state index in [1.165, 1.54) is 6.08 Å². The van der Waals surface area contributed by atoms with Crippen molar-refractivity contribution in [3.63, 3.8) is 0 Å². The van der Waals surface area contributed by atoms with Gasteiger partial charge in [0.1, 0.15) is 12.2 Å². The molecule has 4 rings (SSSR count). The van der Waals surface area contributed by atoms with Gasteiger partial charge in [0.05, 0.1) is 12.3 Å². The molecule has 35 heavy (non-hydrogen) atoms. The number of nitrogens with zero attached hydrogens (tertiary/aromatic N) is 1. The smallest absolute Gasteiger partial charge is 0.335 e. The fraction of sp³-hybridized carbons (Fsp3) is 0.115. The number of imide groups is 2. The van der Waals surface area contributed by atoms with Crippen molar-refractivity contribution >= 4 is 57.1 Å². The van der Waals surface area contributed by atoms with E-state index in [-0.39, 0.29) is 12.2 Å². The Hall–Kier alpha value is -3.62. The number of halogens is 2. The van der Waals surface area contributed by atoms with Gasteiger partial charge in [-0.25, -0.2) is 9.69 Å². The summed E-state index contributed by atoms with van der Waals surface area (Å²) in [4.78, 5) is 38.9. The van der Waals surface area contributed by atoms with Crippen LogP contribution in [0.5, 0.6) is 11.5 Å². The number of ether oxygens (including phenoxy) is 2. The molecule has 4 amide bonds. The first-order valence-electron chi connectivity index (χ1n) is 10.7. The highest BCUT2D eigenvalue weighted by Gasteiger charge is 2.36. The maximum Gasteiger partial charge on any atom is 0.335 e. The molecule has 1 saturated heterocycles. The quantitative estimate of drug-likeness (QED) is 0.297. The highest BCUT2D eigenvalue weighted by atomic mass is 79.9. The number of carbonyl (C=O) groups excluding carboxylic acids is 3. The second kappa shape index (κ2) is 10.8. The van der Waals surface area contributed by atoms with Crippen molar-refractivity contribution in [2.75, 3.05) is 11.5 Å². The number of amides is 4. The minimum Gasteiger partial charge on any atom is -0.490 e.